The fraction of sp³-hybridized carbons (Fsp3) is 0.312. The first-order chi connectivity index (χ1) is 10.6. The third-order valence-corrected chi connectivity index (χ3v) is 3.45. The molecule has 2 amide bonds. The fourth-order valence-electron chi connectivity index (χ4n) is 2.24. The van der Waals surface area contributed by atoms with Crippen LogP contribution in [0.3, 0.4) is 0 Å². The van der Waals surface area contributed by atoms with Crippen LogP contribution in [0.15, 0.2) is 36.4 Å². The molecular weight excluding hydrogens is 284 g/mol. The van der Waals surface area contributed by atoms with Gasteiger partial charge in [-0.15, -0.1) is 0 Å². The zero-order valence-corrected chi connectivity index (χ0v) is 12.0. The van der Waals surface area contributed by atoms with Crippen LogP contribution in [0.2, 0.25) is 0 Å². The third-order valence-electron chi connectivity index (χ3n) is 3.45. The predicted molar refractivity (Wildman–Crippen MR) is 81.5 cm³/mol. The van der Waals surface area contributed by atoms with Crippen molar-refractivity contribution in [2.24, 2.45) is 5.92 Å². The van der Waals surface area contributed by atoms with Gasteiger partial charge in [0.2, 0.25) is 5.91 Å². The zero-order chi connectivity index (χ0) is 15.9. The summed E-state index contributed by atoms with van der Waals surface area (Å²) in [6, 6.07) is 6.36. The summed E-state index contributed by atoms with van der Waals surface area (Å²) < 4.78 is 0. The van der Waals surface area contributed by atoms with Crippen molar-refractivity contribution in [3.8, 4) is 0 Å². The first kappa shape index (κ1) is 15.8. The second-order valence-electron chi connectivity index (χ2n) is 5.12. The maximum absolute atomic E-state index is 12.1. The summed E-state index contributed by atoms with van der Waals surface area (Å²) in [4.78, 5) is 34.1. The average molecular weight is 302 g/mol. The van der Waals surface area contributed by atoms with Crippen molar-refractivity contribution < 1.29 is 19.5 Å². The maximum Gasteiger partial charge on any atom is 0.322 e. The van der Waals surface area contributed by atoms with Crippen LogP contribution in [0.1, 0.15) is 29.6 Å². The SMILES string of the molecule is O=C(O)CNC(=O)c1ccc(NC(=O)C2CC=CCC2)cc1. The zero-order valence-electron chi connectivity index (χ0n) is 12.0. The van der Waals surface area contributed by atoms with Crippen molar-refractivity contribution in [2.45, 2.75) is 19.3 Å². The molecular formula is C16H18N2O4. The highest BCUT2D eigenvalue weighted by Crippen LogP contribution is 2.20. The smallest absolute Gasteiger partial charge is 0.322 e. The third kappa shape index (κ3) is 4.44. The van der Waals surface area contributed by atoms with E-state index in [1.165, 1.54) is 0 Å². The number of carbonyl (C=O) groups excluding carboxylic acids is 2. The Morgan fingerprint density at radius 3 is 2.45 bits per heavy atom. The fourth-order valence-corrected chi connectivity index (χ4v) is 2.24. The molecule has 1 aromatic rings. The summed E-state index contributed by atoms with van der Waals surface area (Å²) >= 11 is 0. The van der Waals surface area contributed by atoms with Crippen LogP contribution in [0, 0.1) is 5.92 Å². The lowest BCUT2D eigenvalue weighted by molar-refractivity contribution is -0.135. The number of carboxylic acid groups (broad SMARTS) is 1. The number of carboxylic acids is 1. The summed E-state index contributed by atoms with van der Waals surface area (Å²) in [7, 11) is 0. The lowest BCUT2D eigenvalue weighted by Crippen LogP contribution is -2.29. The van der Waals surface area contributed by atoms with Crippen LogP contribution in [0.5, 0.6) is 0 Å². The largest absolute Gasteiger partial charge is 0.480 e. The number of hydrogen-bond donors (Lipinski definition) is 3. The van der Waals surface area contributed by atoms with E-state index < -0.39 is 18.4 Å². The molecule has 1 aliphatic rings. The van der Waals surface area contributed by atoms with Gasteiger partial charge in [0.1, 0.15) is 6.54 Å². The summed E-state index contributed by atoms with van der Waals surface area (Å²) in [5.41, 5.74) is 0.967. The van der Waals surface area contributed by atoms with Crippen molar-refractivity contribution in [3.63, 3.8) is 0 Å². The van der Waals surface area contributed by atoms with E-state index in [0.29, 0.717) is 11.3 Å². The van der Waals surface area contributed by atoms with E-state index in [-0.39, 0.29) is 11.8 Å². The van der Waals surface area contributed by atoms with Gasteiger partial charge in [-0.05, 0) is 43.5 Å². The van der Waals surface area contributed by atoms with Crippen molar-refractivity contribution >= 4 is 23.5 Å². The van der Waals surface area contributed by atoms with E-state index in [4.69, 9.17) is 5.11 Å². The minimum absolute atomic E-state index is 0.0106. The van der Waals surface area contributed by atoms with Crippen LogP contribution in [-0.4, -0.2) is 29.4 Å². The molecule has 0 spiro atoms. The molecule has 6 nitrogen and oxygen atoms in total. The Bertz CT molecular complexity index is 593. The summed E-state index contributed by atoms with van der Waals surface area (Å²) in [5.74, 6) is -1.59. The number of anilines is 1. The van der Waals surface area contributed by atoms with E-state index >= 15 is 0 Å². The van der Waals surface area contributed by atoms with Gasteiger partial charge in [0.15, 0.2) is 0 Å². The molecule has 1 atom stereocenters. The van der Waals surface area contributed by atoms with E-state index in [0.717, 1.165) is 19.3 Å². The highest BCUT2D eigenvalue weighted by molar-refractivity contribution is 5.97. The molecule has 6 heteroatoms. The highest BCUT2D eigenvalue weighted by Gasteiger charge is 2.18. The molecule has 0 heterocycles. The minimum atomic E-state index is -1.10. The van der Waals surface area contributed by atoms with Gasteiger partial charge >= 0.3 is 5.97 Å². The standard InChI is InChI=1S/C16H18N2O4/c19-14(20)10-17-15(21)12-6-8-13(9-7-12)18-16(22)11-4-2-1-3-5-11/h1-2,6-9,11H,3-5,10H2,(H,17,21)(H,18,22)(H,19,20). The second kappa shape index (κ2) is 7.40. The van der Waals surface area contributed by atoms with Crippen LogP contribution in [0.25, 0.3) is 0 Å². The van der Waals surface area contributed by atoms with Gasteiger partial charge in [-0.25, -0.2) is 0 Å². The Hall–Kier alpha value is -2.63. The van der Waals surface area contributed by atoms with Gasteiger partial charge in [-0.1, -0.05) is 12.2 Å². The molecule has 116 valence electrons. The number of rotatable bonds is 5. The number of allylic oxidation sites excluding steroid dienone is 2. The molecule has 3 N–H and O–H groups in total. The van der Waals surface area contributed by atoms with Gasteiger partial charge < -0.3 is 15.7 Å². The lowest BCUT2D eigenvalue weighted by atomic mass is 9.93. The monoisotopic (exact) mass is 302 g/mol. The van der Waals surface area contributed by atoms with Crippen LogP contribution < -0.4 is 10.6 Å². The van der Waals surface area contributed by atoms with Crippen molar-refractivity contribution in [3.05, 3.63) is 42.0 Å². The van der Waals surface area contributed by atoms with Crippen molar-refractivity contribution in [1.29, 1.82) is 0 Å². The van der Waals surface area contributed by atoms with Crippen LogP contribution in [0.4, 0.5) is 5.69 Å². The molecule has 1 unspecified atom stereocenters. The van der Waals surface area contributed by atoms with Crippen molar-refractivity contribution in [2.75, 3.05) is 11.9 Å². The lowest BCUT2D eigenvalue weighted by Gasteiger charge is -2.17. The number of carbonyl (C=O) groups is 3. The Labute approximate surface area is 128 Å². The first-order valence-corrected chi connectivity index (χ1v) is 7.12. The number of amides is 2. The van der Waals surface area contributed by atoms with Gasteiger partial charge in [-0.2, -0.15) is 0 Å². The van der Waals surface area contributed by atoms with Crippen molar-refractivity contribution in [1.82, 2.24) is 5.32 Å². The molecule has 0 bridgehead atoms. The second-order valence-corrected chi connectivity index (χ2v) is 5.12. The molecule has 1 aliphatic carbocycles. The van der Waals surface area contributed by atoms with Gasteiger partial charge in [0.25, 0.3) is 5.91 Å². The molecule has 1 aromatic carbocycles. The number of nitrogens with one attached hydrogen (secondary N) is 2. The normalized spacial score (nSPS) is 16.8. The molecule has 0 aromatic heterocycles. The van der Waals surface area contributed by atoms with Gasteiger partial charge in [0, 0.05) is 17.2 Å². The van der Waals surface area contributed by atoms with Gasteiger partial charge in [-0.3, -0.25) is 14.4 Å². The van der Waals surface area contributed by atoms with E-state index in [2.05, 4.69) is 16.7 Å². The molecule has 0 radical (unpaired) electrons. The Kier molecular flexibility index (Phi) is 5.30. The summed E-state index contributed by atoms with van der Waals surface area (Å²) in [6.07, 6.45) is 6.61. The Morgan fingerprint density at radius 2 is 1.86 bits per heavy atom. The number of aliphatic carboxylic acids is 1. The maximum atomic E-state index is 12.1. The molecule has 0 saturated carbocycles. The Morgan fingerprint density at radius 1 is 1.14 bits per heavy atom. The number of benzene rings is 1. The number of hydrogen-bond acceptors (Lipinski definition) is 3. The highest BCUT2D eigenvalue weighted by atomic mass is 16.4. The molecule has 0 fully saturated rings. The average Bonchev–Trinajstić information content (AvgIpc) is 2.54. The minimum Gasteiger partial charge on any atom is -0.480 e. The van der Waals surface area contributed by atoms with Crippen LogP contribution >= 0.6 is 0 Å². The van der Waals surface area contributed by atoms with E-state index in [1.54, 1.807) is 24.3 Å². The molecule has 2 rings (SSSR count). The predicted octanol–water partition coefficient (Wildman–Crippen LogP) is 1.80. The molecule has 22 heavy (non-hydrogen) atoms. The van der Waals surface area contributed by atoms with E-state index in [9.17, 15) is 14.4 Å². The summed E-state index contributed by atoms with van der Waals surface area (Å²) in [5, 5.41) is 13.6. The summed E-state index contributed by atoms with van der Waals surface area (Å²) in [6.45, 7) is -0.424. The van der Waals surface area contributed by atoms with E-state index in [1.807, 2.05) is 6.08 Å². The van der Waals surface area contributed by atoms with Crippen LogP contribution in [-0.2, 0) is 9.59 Å². The topological polar surface area (TPSA) is 95.5 Å². The molecule has 0 aliphatic heterocycles. The first-order valence-electron chi connectivity index (χ1n) is 7.12. The molecule has 0 saturated heterocycles. The van der Waals surface area contributed by atoms with Gasteiger partial charge in [0.05, 0.1) is 0 Å². The Balaban J connectivity index is 1.91. The quantitative estimate of drug-likeness (QED) is 0.723.